The maximum Gasteiger partial charge on any atom is 0.251 e. The maximum absolute atomic E-state index is 11.9. The zero-order valence-electron chi connectivity index (χ0n) is 9.85. The summed E-state index contributed by atoms with van der Waals surface area (Å²) in [6.45, 7) is 2.26. The van der Waals surface area contributed by atoms with Crippen LogP contribution in [0.1, 0.15) is 21.6 Å². The molecule has 0 spiro atoms. The third-order valence-corrected chi connectivity index (χ3v) is 2.58. The van der Waals surface area contributed by atoms with Crippen LogP contribution in [0, 0.1) is 6.92 Å². The lowest BCUT2D eigenvalue weighted by Crippen LogP contribution is -2.23. The second-order valence-corrected chi connectivity index (χ2v) is 4.25. The van der Waals surface area contributed by atoms with Gasteiger partial charge in [-0.2, -0.15) is 0 Å². The Balaban J connectivity index is 2.04. The number of carbonyl (C=O) groups excluding carboxylic acids is 1. The van der Waals surface area contributed by atoms with E-state index >= 15 is 0 Å². The molecular weight excluding hydrogens is 250 g/mol. The van der Waals surface area contributed by atoms with Crippen molar-refractivity contribution in [2.45, 2.75) is 13.5 Å². The Bertz CT molecular complexity index is 537. The molecule has 0 atom stereocenters. The van der Waals surface area contributed by atoms with Gasteiger partial charge in [0.25, 0.3) is 5.91 Å². The summed E-state index contributed by atoms with van der Waals surface area (Å²) in [6.07, 6.45) is 3.38. The van der Waals surface area contributed by atoms with Crippen molar-refractivity contribution in [3.05, 3.63) is 58.6 Å². The first-order valence-corrected chi connectivity index (χ1v) is 5.84. The number of hydrogen-bond acceptors (Lipinski definition) is 3. The Morgan fingerprint density at radius 2 is 2.06 bits per heavy atom. The Morgan fingerprint density at radius 3 is 2.72 bits per heavy atom. The molecule has 0 saturated heterocycles. The third kappa shape index (κ3) is 3.28. The zero-order valence-corrected chi connectivity index (χ0v) is 10.6. The minimum absolute atomic E-state index is 0.167. The van der Waals surface area contributed by atoms with Gasteiger partial charge in [0.2, 0.25) is 0 Å². The van der Waals surface area contributed by atoms with E-state index < -0.39 is 0 Å². The minimum atomic E-state index is -0.167. The molecule has 2 rings (SSSR count). The molecule has 0 fully saturated rings. The maximum atomic E-state index is 11.9. The zero-order chi connectivity index (χ0) is 13.0. The topological polar surface area (TPSA) is 54.9 Å². The van der Waals surface area contributed by atoms with Crippen molar-refractivity contribution in [1.82, 2.24) is 15.3 Å². The van der Waals surface area contributed by atoms with E-state index in [2.05, 4.69) is 15.3 Å². The standard InChI is InChI=1S/C13H12ClN3O/c1-9-6-11(7-12(14)17-9)13(18)16-8-10-2-4-15-5-3-10/h2-7H,8H2,1H3,(H,16,18). The molecule has 0 aromatic carbocycles. The molecule has 0 bridgehead atoms. The van der Waals surface area contributed by atoms with Crippen molar-refractivity contribution in [3.8, 4) is 0 Å². The van der Waals surface area contributed by atoms with E-state index in [9.17, 15) is 4.79 Å². The summed E-state index contributed by atoms with van der Waals surface area (Å²) in [5, 5.41) is 3.14. The van der Waals surface area contributed by atoms with Crippen LogP contribution in [0.25, 0.3) is 0 Å². The summed E-state index contributed by atoms with van der Waals surface area (Å²) >= 11 is 5.81. The number of nitrogens with zero attached hydrogens (tertiary/aromatic N) is 2. The lowest BCUT2D eigenvalue weighted by molar-refractivity contribution is 0.0950. The largest absolute Gasteiger partial charge is 0.348 e. The molecule has 1 amide bonds. The summed E-state index contributed by atoms with van der Waals surface area (Å²) in [6, 6.07) is 6.96. The number of carbonyl (C=O) groups is 1. The molecule has 1 N–H and O–H groups in total. The highest BCUT2D eigenvalue weighted by Gasteiger charge is 2.07. The molecule has 4 nitrogen and oxygen atoms in total. The number of nitrogens with one attached hydrogen (secondary N) is 1. The van der Waals surface area contributed by atoms with Crippen LogP contribution in [-0.4, -0.2) is 15.9 Å². The molecule has 0 saturated carbocycles. The molecule has 18 heavy (non-hydrogen) atoms. The van der Waals surface area contributed by atoms with Crippen LogP contribution < -0.4 is 5.32 Å². The van der Waals surface area contributed by atoms with E-state index in [0.717, 1.165) is 11.3 Å². The van der Waals surface area contributed by atoms with Crippen LogP contribution >= 0.6 is 11.6 Å². The monoisotopic (exact) mass is 261 g/mol. The van der Waals surface area contributed by atoms with Gasteiger partial charge in [-0.15, -0.1) is 0 Å². The Labute approximate surface area is 110 Å². The SMILES string of the molecule is Cc1cc(C(=O)NCc2ccncc2)cc(Cl)n1. The number of aromatic nitrogens is 2. The molecule has 92 valence electrons. The molecule has 2 aromatic heterocycles. The minimum Gasteiger partial charge on any atom is -0.348 e. The van der Waals surface area contributed by atoms with Crippen LogP contribution in [0.5, 0.6) is 0 Å². The quantitative estimate of drug-likeness (QED) is 0.863. The van der Waals surface area contributed by atoms with Crippen molar-refractivity contribution in [2.24, 2.45) is 0 Å². The summed E-state index contributed by atoms with van der Waals surface area (Å²) in [5.74, 6) is -0.167. The first-order valence-electron chi connectivity index (χ1n) is 5.46. The third-order valence-electron chi connectivity index (χ3n) is 2.39. The van der Waals surface area contributed by atoms with Gasteiger partial charge < -0.3 is 5.32 Å². The molecule has 0 aliphatic heterocycles. The highest BCUT2D eigenvalue weighted by molar-refractivity contribution is 6.29. The van der Waals surface area contributed by atoms with Gasteiger partial charge in [-0.1, -0.05) is 11.6 Å². The first-order chi connectivity index (χ1) is 8.65. The molecule has 0 aliphatic carbocycles. The van der Waals surface area contributed by atoms with E-state index in [0.29, 0.717) is 17.3 Å². The van der Waals surface area contributed by atoms with Gasteiger partial charge in [0.15, 0.2) is 0 Å². The van der Waals surface area contributed by atoms with Gasteiger partial charge in [0.1, 0.15) is 5.15 Å². The van der Waals surface area contributed by atoms with Gasteiger partial charge >= 0.3 is 0 Å². The number of amides is 1. The van der Waals surface area contributed by atoms with Crippen molar-refractivity contribution in [1.29, 1.82) is 0 Å². The number of halogens is 1. The fraction of sp³-hybridized carbons (Fsp3) is 0.154. The van der Waals surface area contributed by atoms with E-state index in [4.69, 9.17) is 11.6 Å². The fourth-order valence-corrected chi connectivity index (χ4v) is 1.80. The van der Waals surface area contributed by atoms with Gasteiger partial charge in [-0.05, 0) is 36.8 Å². The van der Waals surface area contributed by atoms with Crippen LogP contribution in [0.15, 0.2) is 36.7 Å². The first kappa shape index (κ1) is 12.5. The van der Waals surface area contributed by atoms with Gasteiger partial charge in [0, 0.05) is 30.2 Å². The lowest BCUT2D eigenvalue weighted by atomic mass is 10.2. The van der Waals surface area contributed by atoms with Crippen LogP contribution in [0.3, 0.4) is 0 Å². The summed E-state index contributed by atoms with van der Waals surface area (Å²) in [7, 11) is 0. The second-order valence-electron chi connectivity index (χ2n) is 3.86. The molecule has 0 radical (unpaired) electrons. The van der Waals surface area contributed by atoms with Gasteiger partial charge in [0.05, 0.1) is 0 Å². The van der Waals surface area contributed by atoms with E-state index in [1.54, 1.807) is 31.5 Å². The molecule has 5 heteroatoms. The predicted octanol–water partition coefficient (Wildman–Crippen LogP) is 2.37. The van der Waals surface area contributed by atoms with Crippen LogP contribution in [-0.2, 0) is 6.54 Å². The fourth-order valence-electron chi connectivity index (χ4n) is 1.54. The molecule has 2 heterocycles. The van der Waals surface area contributed by atoms with E-state index in [1.807, 2.05) is 12.1 Å². The normalized spacial score (nSPS) is 10.1. The number of pyridine rings is 2. The Morgan fingerprint density at radius 1 is 1.33 bits per heavy atom. The Kier molecular flexibility index (Phi) is 3.89. The van der Waals surface area contributed by atoms with E-state index in [1.165, 1.54) is 0 Å². The van der Waals surface area contributed by atoms with Crippen LogP contribution in [0.4, 0.5) is 0 Å². The molecule has 0 aliphatic rings. The smallest absolute Gasteiger partial charge is 0.251 e. The average molecular weight is 262 g/mol. The number of hydrogen-bond donors (Lipinski definition) is 1. The molecule has 2 aromatic rings. The van der Waals surface area contributed by atoms with E-state index in [-0.39, 0.29) is 5.91 Å². The predicted molar refractivity (Wildman–Crippen MR) is 69.4 cm³/mol. The molecule has 0 unspecified atom stereocenters. The summed E-state index contributed by atoms with van der Waals surface area (Å²) in [4.78, 5) is 19.8. The van der Waals surface area contributed by atoms with Gasteiger partial charge in [-0.25, -0.2) is 4.98 Å². The van der Waals surface area contributed by atoms with Gasteiger partial charge in [-0.3, -0.25) is 9.78 Å². The number of rotatable bonds is 3. The van der Waals surface area contributed by atoms with Crippen molar-refractivity contribution in [2.75, 3.05) is 0 Å². The number of aryl methyl sites for hydroxylation is 1. The highest BCUT2D eigenvalue weighted by Crippen LogP contribution is 2.10. The van der Waals surface area contributed by atoms with Crippen molar-refractivity contribution in [3.63, 3.8) is 0 Å². The van der Waals surface area contributed by atoms with Crippen molar-refractivity contribution < 1.29 is 4.79 Å². The Hall–Kier alpha value is -1.94. The summed E-state index contributed by atoms with van der Waals surface area (Å²) in [5.41, 5.74) is 2.23. The van der Waals surface area contributed by atoms with Crippen molar-refractivity contribution >= 4 is 17.5 Å². The second kappa shape index (κ2) is 5.60. The average Bonchev–Trinajstić information content (AvgIpc) is 2.36. The summed E-state index contributed by atoms with van der Waals surface area (Å²) < 4.78 is 0. The highest BCUT2D eigenvalue weighted by atomic mass is 35.5. The lowest BCUT2D eigenvalue weighted by Gasteiger charge is -2.06. The van der Waals surface area contributed by atoms with Crippen LogP contribution in [0.2, 0.25) is 5.15 Å². The molecular formula is C13H12ClN3O.